The Labute approximate surface area is 116 Å². The molecule has 0 spiro atoms. The molecule has 3 heterocycles. The molecule has 1 aromatic carbocycles. The molecule has 5 heteroatoms. The molecule has 3 aromatic rings. The van der Waals surface area contributed by atoms with Crippen LogP contribution in [0.4, 0.5) is 5.95 Å². The van der Waals surface area contributed by atoms with Crippen molar-refractivity contribution in [3.05, 3.63) is 30.3 Å². The first-order valence-electron chi connectivity index (χ1n) is 6.96. The Morgan fingerprint density at radius 1 is 1.15 bits per heavy atom. The predicted molar refractivity (Wildman–Crippen MR) is 77.7 cm³/mol. The molecule has 2 aromatic heterocycles. The monoisotopic (exact) mass is 268 g/mol. The molecule has 0 saturated carbocycles. The zero-order chi connectivity index (χ0) is 13.5. The number of para-hydroxylation sites is 1. The fourth-order valence-corrected chi connectivity index (χ4v) is 2.86. The van der Waals surface area contributed by atoms with Gasteiger partial charge in [-0.15, -0.1) is 0 Å². The van der Waals surface area contributed by atoms with Gasteiger partial charge in [-0.1, -0.05) is 18.2 Å². The van der Waals surface area contributed by atoms with Crippen LogP contribution in [-0.4, -0.2) is 27.8 Å². The van der Waals surface area contributed by atoms with E-state index in [0.717, 1.165) is 18.8 Å². The van der Waals surface area contributed by atoms with E-state index in [9.17, 15) is 0 Å². The third-order valence-corrected chi connectivity index (χ3v) is 3.98. The van der Waals surface area contributed by atoms with E-state index >= 15 is 0 Å². The number of aromatic nitrogens is 3. The summed E-state index contributed by atoms with van der Waals surface area (Å²) in [6.07, 6.45) is 2.41. The van der Waals surface area contributed by atoms with Gasteiger partial charge in [-0.3, -0.25) is 0 Å². The van der Waals surface area contributed by atoms with Crippen LogP contribution in [0.1, 0.15) is 12.8 Å². The van der Waals surface area contributed by atoms with Crippen molar-refractivity contribution in [3.63, 3.8) is 0 Å². The number of aryl methyl sites for hydroxylation is 1. The Kier molecular flexibility index (Phi) is 2.52. The summed E-state index contributed by atoms with van der Waals surface area (Å²) in [7, 11) is 2.03. The van der Waals surface area contributed by atoms with Gasteiger partial charge in [-0.2, -0.15) is 4.98 Å². The predicted octanol–water partition coefficient (Wildman–Crippen LogP) is 2.83. The van der Waals surface area contributed by atoms with Crippen molar-refractivity contribution in [2.75, 3.05) is 18.0 Å². The van der Waals surface area contributed by atoms with Gasteiger partial charge in [0, 0.05) is 31.0 Å². The van der Waals surface area contributed by atoms with Gasteiger partial charge in [-0.25, -0.2) is 0 Å². The fraction of sp³-hybridized carbons (Fsp3) is 0.333. The van der Waals surface area contributed by atoms with Crippen LogP contribution in [0.5, 0.6) is 0 Å². The highest BCUT2D eigenvalue weighted by Crippen LogP contribution is 2.27. The minimum Gasteiger partial charge on any atom is -0.340 e. The summed E-state index contributed by atoms with van der Waals surface area (Å²) >= 11 is 0. The molecule has 0 bridgehead atoms. The van der Waals surface area contributed by atoms with Crippen LogP contribution in [0, 0.1) is 0 Å². The van der Waals surface area contributed by atoms with Gasteiger partial charge in [-0.05, 0) is 30.1 Å². The lowest BCUT2D eigenvalue weighted by Gasteiger charge is -2.09. The van der Waals surface area contributed by atoms with E-state index in [4.69, 9.17) is 4.52 Å². The largest absolute Gasteiger partial charge is 0.340 e. The second kappa shape index (κ2) is 4.37. The standard InChI is InChI=1S/C15H16N4O/c1-18-12-7-3-2-6-11(12)10-13(18)14-16-15(17-20-14)19-8-4-5-9-19/h2-3,6-7,10H,4-5,8-9H2,1H3. The van der Waals surface area contributed by atoms with Crippen molar-refractivity contribution in [1.82, 2.24) is 14.7 Å². The summed E-state index contributed by atoms with van der Waals surface area (Å²) in [5, 5.41) is 5.30. The van der Waals surface area contributed by atoms with Gasteiger partial charge in [0.15, 0.2) is 0 Å². The third kappa shape index (κ3) is 1.70. The Balaban J connectivity index is 1.77. The number of anilines is 1. The van der Waals surface area contributed by atoms with E-state index in [-0.39, 0.29) is 0 Å². The van der Waals surface area contributed by atoms with Crippen LogP contribution in [-0.2, 0) is 7.05 Å². The number of benzene rings is 1. The number of hydrogen-bond donors (Lipinski definition) is 0. The summed E-state index contributed by atoms with van der Waals surface area (Å²) in [6.45, 7) is 2.04. The summed E-state index contributed by atoms with van der Waals surface area (Å²) < 4.78 is 7.54. The Hall–Kier alpha value is -2.30. The number of rotatable bonds is 2. The van der Waals surface area contributed by atoms with E-state index in [1.54, 1.807) is 0 Å². The molecule has 0 aliphatic carbocycles. The highest BCUT2D eigenvalue weighted by molar-refractivity contribution is 5.85. The molecule has 0 amide bonds. The average molecular weight is 268 g/mol. The summed E-state index contributed by atoms with van der Waals surface area (Å²) in [6, 6.07) is 10.4. The maximum absolute atomic E-state index is 5.45. The molecule has 0 N–H and O–H groups in total. The van der Waals surface area contributed by atoms with Crippen molar-refractivity contribution < 1.29 is 4.52 Å². The smallest absolute Gasteiger partial charge is 0.276 e. The van der Waals surface area contributed by atoms with Gasteiger partial charge in [0.2, 0.25) is 0 Å². The van der Waals surface area contributed by atoms with Crippen LogP contribution in [0.3, 0.4) is 0 Å². The third-order valence-electron chi connectivity index (χ3n) is 3.98. The first-order valence-corrected chi connectivity index (χ1v) is 6.96. The molecule has 0 unspecified atom stereocenters. The van der Waals surface area contributed by atoms with Crippen molar-refractivity contribution in [3.8, 4) is 11.6 Å². The normalized spacial score (nSPS) is 15.3. The molecule has 0 atom stereocenters. The van der Waals surface area contributed by atoms with Crippen molar-refractivity contribution >= 4 is 16.9 Å². The summed E-state index contributed by atoms with van der Waals surface area (Å²) in [5.74, 6) is 1.30. The molecule has 20 heavy (non-hydrogen) atoms. The van der Waals surface area contributed by atoms with Crippen LogP contribution < -0.4 is 4.90 Å². The van der Waals surface area contributed by atoms with E-state index in [0.29, 0.717) is 11.8 Å². The number of fused-ring (bicyclic) bond motifs is 1. The second-order valence-corrected chi connectivity index (χ2v) is 5.24. The average Bonchev–Trinajstić information content (AvgIpc) is 3.17. The molecule has 0 radical (unpaired) electrons. The zero-order valence-corrected chi connectivity index (χ0v) is 11.4. The van der Waals surface area contributed by atoms with Crippen molar-refractivity contribution in [2.24, 2.45) is 7.05 Å². The van der Waals surface area contributed by atoms with Gasteiger partial charge >= 0.3 is 0 Å². The molecule has 1 aliphatic heterocycles. The van der Waals surface area contributed by atoms with E-state index in [1.165, 1.54) is 23.7 Å². The van der Waals surface area contributed by atoms with Gasteiger partial charge < -0.3 is 14.0 Å². The van der Waals surface area contributed by atoms with Crippen LogP contribution in [0.25, 0.3) is 22.5 Å². The highest BCUT2D eigenvalue weighted by Gasteiger charge is 2.20. The number of nitrogens with zero attached hydrogens (tertiary/aromatic N) is 4. The van der Waals surface area contributed by atoms with Gasteiger partial charge in [0.1, 0.15) is 5.69 Å². The Morgan fingerprint density at radius 2 is 1.95 bits per heavy atom. The Morgan fingerprint density at radius 3 is 2.75 bits per heavy atom. The van der Waals surface area contributed by atoms with Crippen LogP contribution in [0.15, 0.2) is 34.9 Å². The second-order valence-electron chi connectivity index (χ2n) is 5.24. The van der Waals surface area contributed by atoms with Crippen molar-refractivity contribution in [1.29, 1.82) is 0 Å². The van der Waals surface area contributed by atoms with Gasteiger partial charge in [0.25, 0.3) is 11.8 Å². The minimum atomic E-state index is 0.589. The Bertz CT molecular complexity index is 752. The van der Waals surface area contributed by atoms with Crippen molar-refractivity contribution in [2.45, 2.75) is 12.8 Å². The van der Waals surface area contributed by atoms with E-state index in [1.807, 2.05) is 19.2 Å². The number of hydrogen-bond acceptors (Lipinski definition) is 4. The molecule has 1 saturated heterocycles. The lowest BCUT2D eigenvalue weighted by Crippen LogP contribution is -2.18. The first kappa shape index (κ1) is 11.5. The quantitative estimate of drug-likeness (QED) is 0.717. The molecular weight excluding hydrogens is 252 g/mol. The summed E-state index contributed by atoms with van der Waals surface area (Å²) in [5.41, 5.74) is 2.13. The first-order chi connectivity index (χ1) is 9.83. The topological polar surface area (TPSA) is 47.1 Å². The molecule has 5 nitrogen and oxygen atoms in total. The van der Waals surface area contributed by atoms with E-state index in [2.05, 4.69) is 37.8 Å². The molecule has 1 aliphatic rings. The van der Waals surface area contributed by atoms with Crippen LogP contribution in [0.2, 0.25) is 0 Å². The maximum Gasteiger partial charge on any atom is 0.276 e. The van der Waals surface area contributed by atoms with Crippen LogP contribution >= 0.6 is 0 Å². The lowest BCUT2D eigenvalue weighted by molar-refractivity contribution is 0.427. The maximum atomic E-state index is 5.45. The lowest BCUT2D eigenvalue weighted by atomic mass is 10.2. The molecular formula is C15H16N4O. The summed E-state index contributed by atoms with van der Waals surface area (Å²) in [4.78, 5) is 6.72. The molecule has 102 valence electrons. The van der Waals surface area contributed by atoms with Gasteiger partial charge in [0.05, 0.1) is 0 Å². The fourth-order valence-electron chi connectivity index (χ4n) is 2.86. The molecule has 4 rings (SSSR count). The SMILES string of the molecule is Cn1c(-c2nc(N3CCCC3)no2)cc2ccccc21. The molecule has 1 fully saturated rings. The highest BCUT2D eigenvalue weighted by atomic mass is 16.5. The zero-order valence-electron chi connectivity index (χ0n) is 11.4. The minimum absolute atomic E-state index is 0.589. The van der Waals surface area contributed by atoms with E-state index < -0.39 is 0 Å².